The Morgan fingerprint density at radius 1 is 0.684 bits per heavy atom. The molecule has 0 spiro atoms. The first-order chi connectivity index (χ1) is 7.43. The van der Waals surface area contributed by atoms with Crippen molar-refractivity contribution < 1.29 is 26.2 Å². The second-order valence-corrected chi connectivity index (χ2v) is 20.0. The predicted octanol–water partition coefficient (Wildman–Crippen LogP) is 3.18. The van der Waals surface area contributed by atoms with Crippen LogP contribution in [0.2, 0.25) is 0 Å². The molecule has 0 atom stereocenters. The van der Waals surface area contributed by atoms with Gasteiger partial charge in [-0.2, -0.15) is 0 Å². The van der Waals surface area contributed by atoms with E-state index in [-0.39, 0.29) is 51.0 Å². The van der Waals surface area contributed by atoms with E-state index in [1.165, 1.54) is 0 Å². The molecule has 0 unspecified atom stereocenters. The van der Waals surface area contributed by atoms with Gasteiger partial charge >= 0.3 is 150 Å². The van der Waals surface area contributed by atoms with Crippen molar-refractivity contribution in [1.82, 2.24) is 0 Å². The SMILES string of the molecule is CC1=C(C)[C-](C)[As]=[As]1.CC1=C(C)[C-](C)[As]=[As]1.Cl.Cl.[Zr+2]. The van der Waals surface area contributed by atoms with E-state index in [1.54, 1.807) is 29.3 Å². The molecule has 0 bridgehead atoms. The monoisotopic (exact) mass is 624 g/mol. The Hall–Kier alpha value is 2.92. The van der Waals surface area contributed by atoms with E-state index >= 15 is 0 Å². The molecule has 2 heterocycles. The fourth-order valence-electron chi connectivity index (χ4n) is 1.12. The number of hydrogen-bond donors (Lipinski definition) is 0. The van der Waals surface area contributed by atoms with Gasteiger partial charge in [-0.1, -0.05) is 0 Å². The molecule has 0 aromatic carbocycles. The summed E-state index contributed by atoms with van der Waals surface area (Å²) in [5.41, 5.74) is 3.26. The molecule has 0 aliphatic carbocycles. The van der Waals surface area contributed by atoms with Gasteiger partial charge in [0.25, 0.3) is 0 Å². The van der Waals surface area contributed by atoms with Crippen LogP contribution in [0.15, 0.2) is 19.9 Å². The number of allylic oxidation sites excluding steroid dienone is 4. The number of hydrogen-bond acceptors (Lipinski definition) is 0. The van der Waals surface area contributed by atoms with Crippen molar-refractivity contribution in [3.8, 4) is 0 Å². The summed E-state index contributed by atoms with van der Waals surface area (Å²) >= 11 is 2.65. The Balaban J connectivity index is -0.000000233. The third-order valence-electron chi connectivity index (χ3n) is 2.87. The Morgan fingerprint density at radius 2 is 0.947 bits per heavy atom. The molecule has 0 aromatic heterocycles. The molecule has 0 N–H and O–H groups in total. The zero-order valence-corrected chi connectivity index (χ0v) is 23.7. The van der Waals surface area contributed by atoms with E-state index in [2.05, 4.69) is 41.5 Å². The summed E-state index contributed by atoms with van der Waals surface area (Å²) in [6.45, 7) is 13.7. The molecule has 0 amide bonds. The van der Waals surface area contributed by atoms with Crippen LogP contribution in [0.25, 0.3) is 0 Å². The van der Waals surface area contributed by atoms with Gasteiger partial charge in [-0.3, -0.25) is 0 Å². The Bertz CT molecular complexity index is 365. The molecule has 0 saturated heterocycles. The second-order valence-electron chi connectivity index (χ2n) is 3.99. The summed E-state index contributed by atoms with van der Waals surface area (Å²) in [6.07, 6.45) is 0. The molecule has 0 aromatic rings. The summed E-state index contributed by atoms with van der Waals surface area (Å²) in [4.78, 5) is 0. The molecule has 19 heavy (non-hydrogen) atoms. The van der Waals surface area contributed by atoms with Crippen LogP contribution in [0.3, 0.4) is 0 Å². The molecular formula is C12H20As4Cl2Zr. The van der Waals surface area contributed by atoms with Crippen LogP contribution in [0.4, 0.5) is 0 Å². The molecule has 2 aliphatic rings. The van der Waals surface area contributed by atoms with Crippen molar-refractivity contribution in [2.24, 2.45) is 0 Å². The van der Waals surface area contributed by atoms with Crippen LogP contribution in [0.5, 0.6) is 0 Å². The molecule has 2 aliphatic heterocycles. The van der Waals surface area contributed by atoms with Gasteiger partial charge < -0.3 is 0 Å². The molecule has 0 nitrogen and oxygen atoms in total. The Labute approximate surface area is 172 Å². The van der Waals surface area contributed by atoms with E-state index in [9.17, 15) is 0 Å². The van der Waals surface area contributed by atoms with E-state index < -0.39 is 0 Å². The zero-order chi connectivity index (χ0) is 12.3. The first kappa shape index (κ1) is 26.8. The van der Waals surface area contributed by atoms with Crippen molar-refractivity contribution in [3.63, 3.8) is 0 Å². The van der Waals surface area contributed by atoms with E-state index in [0.29, 0.717) is 52.6 Å². The minimum atomic E-state index is 0. The molecule has 0 saturated carbocycles. The van der Waals surface area contributed by atoms with Crippen molar-refractivity contribution in [1.29, 1.82) is 0 Å². The molecule has 7 heteroatoms. The third-order valence-corrected chi connectivity index (χ3v) is 23.9. The van der Waals surface area contributed by atoms with Gasteiger partial charge in [-0.15, -0.1) is 24.8 Å². The quantitative estimate of drug-likeness (QED) is 0.287. The Morgan fingerprint density at radius 3 is 1.00 bits per heavy atom. The fraction of sp³-hybridized carbons (Fsp3) is 0.500. The van der Waals surface area contributed by atoms with E-state index in [0.717, 1.165) is 0 Å². The molecule has 0 fully saturated rings. The van der Waals surface area contributed by atoms with Crippen molar-refractivity contribution in [2.45, 2.75) is 41.5 Å². The first-order valence-corrected chi connectivity index (χ1v) is 19.4. The summed E-state index contributed by atoms with van der Waals surface area (Å²) in [5, 5.41) is 0. The van der Waals surface area contributed by atoms with Crippen LogP contribution in [-0.2, 0) is 26.2 Å². The normalized spacial score (nSPS) is 19.1. The molecule has 0 radical (unpaired) electrons. The standard InChI is InChI=1S/2C6H9As2.2ClH.Zr/c2*1-4-5(2)7-8-6(4)3;;;/h2*1-3H3;2*1H;/q2*-1;;;+2. The third kappa shape index (κ3) is 8.95. The summed E-state index contributed by atoms with van der Waals surface area (Å²) in [7, 11) is 0. The average Bonchev–Trinajstić information content (AvgIpc) is 2.70. The van der Waals surface area contributed by atoms with Gasteiger partial charge in [-0.05, 0) is 0 Å². The maximum atomic E-state index is 2.29. The van der Waals surface area contributed by atoms with Gasteiger partial charge in [0.2, 0.25) is 0 Å². The van der Waals surface area contributed by atoms with Crippen molar-refractivity contribution >= 4 is 77.4 Å². The fourth-order valence-corrected chi connectivity index (χ4v) is 19.0. The maximum Gasteiger partial charge on any atom is 2.00 e. The molecule has 2 rings (SSSR count). The van der Waals surface area contributed by atoms with Crippen molar-refractivity contribution in [2.75, 3.05) is 0 Å². The zero-order valence-electron chi connectivity index (χ0n) is 12.1. The minimum absolute atomic E-state index is 0. The largest absolute Gasteiger partial charge is 2.00 e. The minimum Gasteiger partial charge on any atom is -0.147 e. The average molecular weight is 626 g/mol. The van der Waals surface area contributed by atoms with Gasteiger partial charge in [-0.25, -0.2) is 0 Å². The van der Waals surface area contributed by atoms with Crippen LogP contribution in [0.1, 0.15) is 41.5 Å². The van der Waals surface area contributed by atoms with E-state index in [4.69, 9.17) is 0 Å². The van der Waals surface area contributed by atoms with Gasteiger partial charge in [0.15, 0.2) is 0 Å². The van der Waals surface area contributed by atoms with Crippen LogP contribution in [-0.4, -0.2) is 52.6 Å². The summed E-state index contributed by atoms with van der Waals surface area (Å²) in [6, 6.07) is 0. The van der Waals surface area contributed by atoms with Crippen LogP contribution < -0.4 is 0 Å². The smallest absolute Gasteiger partial charge is 0.147 e. The molecule has 106 valence electrons. The predicted molar refractivity (Wildman–Crippen MR) is 92.1 cm³/mol. The van der Waals surface area contributed by atoms with E-state index in [1.807, 2.05) is 0 Å². The first-order valence-electron chi connectivity index (χ1n) is 5.29. The van der Waals surface area contributed by atoms with Crippen LogP contribution >= 0.6 is 24.8 Å². The Kier molecular flexibility index (Phi) is 18.8. The number of halogens is 2. The molecular weight excluding hydrogens is 606 g/mol. The topological polar surface area (TPSA) is 0 Å². The number of rotatable bonds is 0. The van der Waals surface area contributed by atoms with Crippen molar-refractivity contribution in [3.05, 3.63) is 29.3 Å². The summed E-state index contributed by atoms with van der Waals surface area (Å²) < 4.78 is 6.88. The van der Waals surface area contributed by atoms with Gasteiger partial charge in [0, 0.05) is 0 Å². The second kappa shape index (κ2) is 13.4. The van der Waals surface area contributed by atoms with Crippen LogP contribution in [0, 0.1) is 9.41 Å². The van der Waals surface area contributed by atoms with Gasteiger partial charge in [0.1, 0.15) is 0 Å². The van der Waals surface area contributed by atoms with Gasteiger partial charge in [0.05, 0.1) is 0 Å². The maximum absolute atomic E-state index is 2.29. The summed E-state index contributed by atoms with van der Waals surface area (Å²) in [5.74, 6) is 0.